The van der Waals surface area contributed by atoms with Gasteiger partial charge in [0.25, 0.3) is 0 Å². The fraction of sp³-hybridized carbons (Fsp3) is 0.284. The van der Waals surface area contributed by atoms with E-state index < -0.39 is 24.0 Å². The van der Waals surface area contributed by atoms with Crippen LogP contribution >= 0.6 is 60.2 Å². The lowest BCUT2D eigenvalue weighted by atomic mass is 9.85. The highest BCUT2D eigenvalue weighted by atomic mass is 79.9. The number of H-pyrrole nitrogens is 3. The molecule has 0 radical (unpaired) electrons. The summed E-state index contributed by atoms with van der Waals surface area (Å²) in [6.45, 7) is 1.36. The fourth-order valence-electron chi connectivity index (χ4n) is 11.0. The zero-order chi connectivity index (χ0) is 62.1. The van der Waals surface area contributed by atoms with Crippen LogP contribution < -0.4 is 49.1 Å². The highest BCUT2D eigenvalue weighted by molar-refractivity contribution is 9.11. The number of halogens is 4. The van der Waals surface area contributed by atoms with E-state index in [-0.39, 0.29) is 67.1 Å². The number of hydrogen-bond acceptors (Lipinski definition) is 9. The van der Waals surface area contributed by atoms with Gasteiger partial charge in [0, 0.05) is 87.7 Å². The fourth-order valence-corrected chi connectivity index (χ4v) is 12.1. The number of unbranched alkanes of at least 4 members (excludes halogenated alkanes) is 3. The Bertz CT molecular complexity index is 3490. The molecule has 6 aromatic carbocycles. The van der Waals surface area contributed by atoms with Crippen molar-refractivity contribution in [2.45, 2.75) is 101 Å². The maximum Gasteiger partial charge on any atom is 0.246 e. The van der Waals surface area contributed by atoms with Crippen molar-refractivity contribution in [3.05, 3.63) is 193 Å². The van der Waals surface area contributed by atoms with Crippen molar-refractivity contribution in [3.8, 4) is 0 Å². The van der Waals surface area contributed by atoms with Crippen molar-refractivity contribution in [2.24, 2.45) is 17.2 Å². The molecule has 466 valence electrons. The van der Waals surface area contributed by atoms with Crippen LogP contribution in [0.15, 0.2) is 159 Å². The van der Waals surface area contributed by atoms with Crippen LogP contribution in [0, 0.1) is 0 Å². The summed E-state index contributed by atoms with van der Waals surface area (Å²) in [5, 5.41) is 20.8. The van der Waals surface area contributed by atoms with E-state index in [0.717, 1.165) is 79.5 Å². The van der Waals surface area contributed by atoms with Crippen molar-refractivity contribution < 1.29 is 28.8 Å². The Balaban J connectivity index is 0.0000102. The number of aromatic amines is 3. The van der Waals surface area contributed by atoms with Crippen LogP contribution in [-0.2, 0) is 48.0 Å². The number of nitrogens with one attached hydrogen (secondary N) is 9. The molecule has 0 spiro atoms. The minimum Gasteiger partial charge on any atom is -0.361 e. The molecule has 89 heavy (non-hydrogen) atoms. The number of rotatable bonds is 30. The van der Waals surface area contributed by atoms with Crippen LogP contribution in [0.5, 0.6) is 0 Å². The first kappa shape index (κ1) is 67.3. The number of amides is 6. The third-order valence-electron chi connectivity index (χ3n) is 15.6. The molecule has 0 aliphatic rings. The first-order valence-electron chi connectivity index (χ1n) is 29.6. The number of carbonyl (C=O) groups is 6. The van der Waals surface area contributed by atoms with Crippen LogP contribution in [0.2, 0.25) is 0 Å². The van der Waals surface area contributed by atoms with Gasteiger partial charge in [0.1, 0.15) is 18.1 Å². The molecule has 22 heteroatoms. The van der Waals surface area contributed by atoms with Crippen LogP contribution in [-0.4, -0.2) is 88.2 Å². The van der Waals surface area contributed by atoms with Gasteiger partial charge in [-0.1, -0.05) is 84.2 Å². The van der Waals surface area contributed by atoms with E-state index in [1.807, 2.05) is 146 Å². The van der Waals surface area contributed by atoms with Crippen molar-refractivity contribution >= 4 is 145 Å². The molecule has 0 saturated heterocycles. The molecule has 0 bridgehead atoms. The molecule has 0 aliphatic carbocycles. The Labute approximate surface area is 548 Å². The van der Waals surface area contributed by atoms with Crippen LogP contribution in [0.3, 0.4) is 0 Å². The summed E-state index contributed by atoms with van der Waals surface area (Å²) < 4.78 is 2.67. The number of fused-ring (bicyclic) bond motifs is 3. The molecule has 0 fully saturated rings. The Hall–Kier alpha value is -7.63. The number of carbonyl (C=O) groups excluding carboxylic acids is 6. The molecular formula is C67H74Br3ClN12O6. The minimum atomic E-state index is -0.822. The summed E-state index contributed by atoms with van der Waals surface area (Å²) in [5.41, 5.74) is 26.8. The van der Waals surface area contributed by atoms with Gasteiger partial charge in [0.15, 0.2) is 0 Å². The quantitative estimate of drug-likeness (QED) is 0.0150. The van der Waals surface area contributed by atoms with Gasteiger partial charge in [0.2, 0.25) is 35.4 Å². The van der Waals surface area contributed by atoms with Gasteiger partial charge in [-0.25, -0.2) is 0 Å². The van der Waals surface area contributed by atoms with E-state index in [4.69, 9.17) is 17.2 Å². The van der Waals surface area contributed by atoms with Crippen molar-refractivity contribution in [1.29, 1.82) is 0 Å². The molecule has 3 atom stereocenters. The second-order valence-corrected chi connectivity index (χ2v) is 24.8. The van der Waals surface area contributed by atoms with E-state index in [9.17, 15) is 28.8 Å². The number of anilines is 3. The third-order valence-corrected chi connectivity index (χ3v) is 17.1. The number of hydrogen-bond donors (Lipinski definition) is 12. The van der Waals surface area contributed by atoms with E-state index in [2.05, 4.69) is 94.6 Å². The first-order chi connectivity index (χ1) is 42.6. The molecule has 0 saturated carbocycles. The zero-order valence-corrected chi connectivity index (χ0v) is 54.6. The molecule has 0 unspecified atom stereocenters. The topological polar surface area (TPSA) is 300 Å². The lowest BCUT2D eigenvalue weighted by Crippen LogP contribution is -2.44. The summed E-state index contributed by atoms with van der Waals surface area (Å²) in [6, 6.07) is 37.5. The van der Waals surface area contributed by atoms with E-state index in [0.29, 0.717) is 94.5 Å². The first-order valence-corrected chi connectivity index (χ1v) is 32.0. The Morgan fingerprint density at radius 3 is 0.910 bits per heavy atom. The molecule has 3 aromatic heterocycles. The monoisotopic (exact) mass is 1410 g/mol. The SMILES string of the molecule is Cl.NCCCC[C@H](NC(=O)Cc1c[nH]c2ccc(Br)cc12)C(=O)Nc1ccc(C(c2ccc(NC(=O)[C@H](CCCCN)NC(=O)Cc3c[nH]c4ccc(Br)cc34)cc2)c2ccc(NC(=O)[C@H](CCCCN)NC(=O)Cc3c[nH]c4ccc(Br)cc34)cc2)cc1. The molecule has 0 aliphatic heterocycles. The molecule has 9 rings (SSSR count). The second kappa shape index (κ2) is 32.7. The van der Waals surface area contributed by atoms with Gasteiger partial charge < -0.3 is 64.1 Å². The standard InChI is InChI=1S/C67H73Br3N12O6.ClH/c68-46-16-25-55-52(34-46)43(37-74-55)31-61(83)80-58(7-1-4-28-71)65(86)77-49-19-10-40(11-20-49)64(41-12-21-50(22-13-41)78-66(87)59(8-2-5-29-72)81-62(84)32-44-38-75-56-26-17-47(69)35-53(44)56)42-14-23-51(24-15-42)79-67(88)60(9-3-6-30-73)82-63(85)33-45-39-76-57-27-18-48(70)36-54(45)57;/h10-27,34-39,58-60,64,74-76H,1-9,28-33,71-73H2,(H,77,86)(H,78,87)(H,79,88)(H,80,83)(H,81,84)(H,82,85);1H/t58-,59-,60-;/m0./s1. The second-order valence-electron chi connectivity index (χ2n) is 22.0. The van der Waals surface area contributed by atoms with E-state index in [1.165, 1.54) is 0 Å². The van der Waals surface area contributed by atoms with Crippen LogP contribution in [0.1, 0.15) is 97.1 Å². The average Bonchev–Trinajstić information content (AvgIpc) is 3.16. The van der Waals surface area contributed by atoms with Gasteiger partial charge >= 0.3 is 0 Å². The summed E-state index contributed by atoms with van der Waals surface area (Å²) >= 11 is 10.6. The maximum atomic E-state index is 14.0. The molecule has 9 aromatic rings. The van der Waals surface area contributed by atoms with Gasteiger partial charge in [-0.15, -0.1) is 12.4 Å². The summed E-state index contributed by atoms with van der Waals surface area (Å²) in [4.78, 5) is 92.5. The lowest BCUT2D eigenvalue weighted by Gasteiger charge is -2.22. The Kier molecular flexibility index (Phi) is 24.8. The Morgan fingerprint density at radius 2 is 0.652 bits per heavy atom. The maximum absolute atomic E-state index is 14.0. The lowest BCUT2D eigenvalue weighted by molar-refractivity contribution is -0.126. The Morgan fingerprint density at radius 1 is 0.382 bits per heavy atom. The van der Waals surface area contributed by atoms with Gasteiger partial charge in [-0.05, 0) is 202 Å². The molecule has 18 nitrogen and oxygen atoms in total. The number of nitrogens with two attached hydrogens (primary N) is 3. The molecule has 15 N–H and O–H groups in total. The highest BCUT2D eigenvalue weighted by Crippen LogP contribution is 2.35. The molecule has 3 heterocycles. The highest BCUT2D eigenvalue weighted by Gasteiger charge is 2.26. The number of aromatic nitrogens is 3. The average molecular weight is 1420 g/mol. The number of benzene rings is 6. The molecular weight excluding hydrogens is 1340 g/mol. The summed E-state index contributed by atoms with van der Waals surface area (Å²) in [5.74, 6) is -2.34. The summed E-state index contributed by atoms with van der Waals surface area (Å²) in [7, 11) is 0. The van der Waals surface area contributed by atoms with Crippen LogP contribution in [0.4, 0.5) is 17.1 Å². The van der Waals surface area contributed by atoms with Gasteiger partial charge in [-0.3, -0.25) is 28.8 Å². The largest absolute Gasteiger partial charge is 0.361 e. The predicted molar refractivity (Wildman–Crippen MR) is 367 cm³/mol. The van der Waals surface area contributed by atoms with E-state index in [1.54, 1.807) is 0 Å². The van der Waals surface area contributed by atoms with Gasteiger partial charge in [0.05, 0.1) is 19.3 Å². The van der Waals surface area contributed by atoms with Gasteiger partial charge in [-0.2, -0.15) is 0 Å². The minimum absolute atomic E-state index is 0. The van der Waals surface area contributed by atoms with Crippen molar-refractivity contribution in [1.82, 2.24) is 30.9 Å². The predicted octanol–water partition coefficient (Wildman–Crippen LogP) is 11.4. The summed E-state index contributed by atoms with van der Waals surface area (Å²) in [6.07, 6.45) is 10.8. The van der Waals surface area contributed by atoms with E-state index >= 15 is 0 Å². The zero-order valence-electron chi connectivity index (χ0n) is 49.0. The molecule has 6 amide bonds. The smallest absolute Gasteiger partial charge is 0.246 e. The van der Waals surface area contributed by atoms with Crippen molar-refractivity contribution in [2.75, 3.05) is 35.6 Å². The normalized spacial score (nSPS) is 12.3. The van der Waals surface area contributed by atoms with Crippen molar-refractivity contribution in [3.63, 3.8) is 0 Å². The van der Waals surface area contributed by atoms with Crippen LogP contribution in [0.25, 0.3) is 32.7 Å². The third kappa shape index (κ3) is 18.5.